The number of para-hydroxylation sites is 1. The van der Waals surface area contributed by atoms with Gasteiger partial charge in [0, 0.05) is 0 Å². The second-order valence-corrected chi connectivity index (χ2v) is 11.5. The van der Waals surface area contributed by atoms with Crippen LogP contribution in [0.25, 0.3) is 0 Å². The molecular weight excluding hydrogens is 276 g/mol. The lowest BCUT2D eigenvalue weighted by Crippen LogP contribution is -2.43. The van der Waals surface area contributed by atoms with Crippen molar-refractivity contribution in [3.8, 4) is 17.2 Å². The summed E-state index contributed by atoms with van der Waals surface area (Å²) in [4.78, 5) is 0. The molecule has 2 aromatic rings. The Morgan fingerprint density at radius 2 is 1.19 bits per heavy atom. The van der Waals surface area contributed by atoms with E-state index in [-0.39, 0.29) is 5.04 Å². The third-order valence-electron chi connectivity index (χ3n) is 3.98. The third-order valence-corrected chi connectivity index (χ3v) is 8.34. The average molecular weight is 300 g/mol. The minimum atomic E-state index is -1.78. The fraction of sp³-hybridized carbons (Fsp3) is 0.333. The fourth-order valence-electron chi connectivity index (χ4n) is 1.65. The van der Waals surface area contributed by atoms with Crippen LogP contribution in [0.15, 0.2) is 54.6 Å². The highest BCUT2D eigenvalue weighted by Crippen LogP contribution is 2.37. The first kappa shape index (κ1) is 15.6. The second-order valence-electron chi connectivity index (χ2n) is 6.75. The normalized spacial score (nSPS) is 12.0. The lowest BCUT2D eigenvalue weighted by molar-refractivity contribution is 0.475. The Bertz CT molecular complexity index is 568. The highest BCUT2D eigenvalue weighted by molar-refractivity contribution is 6.74. The van der Waals surface area contributed by atoms with Crippen molar-refractivity contribution in [2.45, 2.75) is 38.9 Å². The molecular formula is C18H24O2Si. The molecule has 0 aliphatic heterocycles. The average Bonchev–Trinajstić information content (AvgIpc) is 2.41. The molecule has 0 atom stereocenters. The van der Waals surface area contributed by atoms with Crippen LogP contribution in [0.1, 0.15) is 20.8 Å². The van der Waals surface area contributed by atoms with E-state index in [1.807, 2.05) is 54.6 Å². The molecule has 21 heavy (non-hydrogen) atoms. The highest BCUT2D eigenvalue weighted by Gasteiger charge is 2.38. The van der Waals surface area contributed by atoms with E-state index in [2.05, 4.69) is 33.9 Å². The smallest absolute Gasteiger partial charge is 0.250 e. The van der Waals surface area contributed by atoms with Gasteiger partial charge in [0.1, 0.15) is 17.2 Å². The number of ether oxygens (including phenoxy) is 1. The molecule has 3 heteroatoms. The zero-order valence-electron chi connectivity index (χ0n) is 13.5. The molecule has 0 heterocycles. The second kappa shape index (κ2) is 5.94. The molecule has 0 spiro atoms. The van der Waals surface area contributed by atoms with Gasteiger partial charge in [-0.25, -0.2) is 0 Å². The van der Waals surface area contributed by atoms with E-state index in [0.717, 1.165) is 17.2 Å². The molecule has 0 unspecified atom stereocenters. The van der Waals surface area contributed by atoms with Crippen LogP contribution in [0.4, 0.5) is 0 Å². The maximum Gasteiger partial charge on any atom is 0.250 e. The molecule has 2 aromatic carbocycles. The van der Waals surface area contributed by atoms with Crippen molar-refractivity contribution in [1.82, 2.24) is 0 Å². The van der Waals surface area contributed by atoms with Gasteiger partial charge in [0.25, 0.3) is 0 Å². The van der Waals surface area contributed by atoms with E-state index in [0.29, 0.717) is 0 Å². The molecule has 112 valence electrons. The summed E-state index contributed by atoms with van der Waals surface area (Å²) < 4.78 is 12.0. The minimum absolute atomic E-state index is 0.201. The Hall–Kier alpha value is -1.74. The molecule has 0 bridgehead atoms. The van der Waals surface area contributed by atoms with Gasteiger partial charge in [-0.15, -0.1) is 0 Å². The molecule has 0 saturated heterocycles. The largest absolute Gasteiger partial charge is 0.543 e. The number of benzene rings is 2. The quantitative estimate of drug-likeness (QED) is 0.658. The van der Waals surface area contributed by atoms with Crippen molar-refractivity contribution in [2.75, 3.05) is 0 Å². The summed E-state index contributed by atoms with van der Waals surface area (Å²) in [6.07, 6.45) is 0. The summed E-state index contributed by atoms with van der Waals surface area (Å²) in [7, 11) is -1.78. The SMILES string of the molecule is CC(C)(C)[Si](C)(C)Oc1ccc(Oc2ccccc2)cc1. The monoisotopic (exact) mass is 300 g/mol. The van der Waals surface area contributed by atoms with Crippen molar-refractivity contribution in [2.24, 2.45) is 0 Å². The predicted molar refractivity (Wildman–Crippen MR) is 90.8 cm³/mol. The summed E-state index contributed by atoms with van der Waals surface area (Å²) in [6, 6.07) is 17.7. The maximum absolute atomic E-state index is 6.25. The third kappa shape index (κ3) is 4.11. The first-order valence-electron chi connectivity index (χ1n) is 7.30. The first-order chi connectivity index (χ1) is 9.78. The molecule has 0 N–H and O–H groups in total. The zero-order chi connectivity index (χ0) is 15.5. The number of hydrogen-bond donors (Lipinski definition) is 0. The van der Waals surface area contributed by atoms with E-state index in [1.54, 1.807) is 0 Å². The van der Waals surface area contributed by atoms with E-state index in [1.165, 1.54) is 0 Å². The van der Waals surface area contributed by atoms with Crippen LogP contribution < -0.4 is 9.16 Å². The van der Waals surface area contributed by atoms with E-state index in [4.69, 9.17) is 9.16 Å². The Labute approximate surface area is 128 Å². The van der Waals surface area contributed by atoms with Crippen LogP contribution >= 0.6 is 0 Å². The van der Waals surface area contributed by atoms with Crippen LogP contribution in [-0.4, -0.2) is 8.32 Å². The van der Waals surface area contributed by atoms with E-state index in [9.17, 15) is 0 Å². The lowest BCUT2D eigenvalue weighted by atomic mass is 10.2. The summed E-state index contributed by atoms with van der Waals surface area (Å²) in [5, 5.41) is 0.201. The summed E-state index contributed by atoms with van der Waals surface area (Å²) in [5.41, 5.74) is 0. The number of rotatable bonds is 4. The van der Waals surface area contributed by atoms with Crippen LogP contribution in [0.3, 0.4) is 0 Å². The van der Waals surface area contributed by atoms with Gasteiger partial charge in [0.2, 0.25) is 8.32 Å². The minimum Gasteiger partial charge on any atom is -0.543 e. The van der Waals surface area contributed by atoms with Crippen LogP contribution in [-0.2, 0) is 0 Å². The molecule has 2 rings (SSSR count). The van der Waals surface area contributed by atoms with Gasteiger partial charge in [-0.2, -0.15) is 0 Å². The van der Waals surface area contributed by atoms with E-state index < -0.39 is 8.32 Å². The van der Waals surface area contributed by atoms with Crippen LogP contribution in [0, 0.1) is 0 Å². The molecule has 0 fully saturated rings. The number of hydrogen-bond acceptors (Lipinski definition) is 2. The first-order valence-corrected chi connectivity index (χ1v) is 10.2. The Morgan fingerprint density at radius 3 is 1.71 bits per heavy atom. The molecule has 0 aromatic heterocycles. The van der Waals surface area contributed by atoms with Gasteiger partial charge < -0.3 is 9.16 Å². The molecule has 0 aliphatic carbocycles. The molecule has 0 saturated carbocycles. The van der Waals surface area contributed by atoms with Gasteiger partial charge in [-0.3, -0.25) is 0 Å². The molecule has 0 aliphatic rings. The standard InChI is InChI=1S/C18H24O2Si/c1-18(2,3)21(4,5)20-17-13-11-16(12-14-17)19-15-9-7-6-8-10-15/h6-14H,1-5H3. The van der Waals surface area contributed by atoms with Gasteiger partial charge >= 0.3 is 0 Å². The lowest BCUT2D eigenvalue weighted by Gasteiger charge is -2.36. The van der Waals surface area contributed by atoms with Crippen molar-refractivity contribution < 1.29 is 9.16 Å². The fourth-order valence-corrected chi connectivity index (χ4v) is 2.68. The zero-order valence-corrected chi connectivity index (χ0v) is 14.5. The van der Waals surface area contributed by atoms with Gasteiger partial charge in [-0.1, -0.05) is 39.0 Å². The van der Waals surface area contributed by atoms with Gasteiger partial charge in [-0.05, 0) is 54.5 Å². The Morgan fingerprint density at radius 1 is 0.714 bits per heavy atom. The van der Waals surface area contributed by atoms with Gasteiger partial charge in [0.15, 0.2) is 0 Å². The van der Waals surface area contributed by atoms with Gasteiger partial charge in [0.05, 0.1) is 0 Å². The van der Waals surface area contributed by atoms with Crippen molar-refractivity contribution in [1.29, 1.82) is 0 Å². The van der Waals surface area contributed by atoms with Crippen LogP contribution in [0.5, 0.6) is 17.2 Å². The van der Waals surface area contributed by atoms with Crippen molar-refractivity contribution in [3.05, 3.63) is 54.6 Å². The Kier molecular flexibility index (Phi) is 4.42. The van der Waals surface area contributed by atoms with Crippen molar-refractivity contribution in [3.63, 3.8) is 0 Å². The highest BCUT2D eigenvalue weighted by atomic mass is 28.4. The summed E-state index contributed by atoms with van der Waals surface area (Å²) in [5.74, 6) is 2.58. The van der Waals surface area contributed by atoms with E-state index >= 15 is 0 Å². The predicted octanol–water partition coefficient (Wildman–Crippen LogP) is 5.86. The summed E-state index contributed by atoms with van der Waals surface area (Å²) >= 11 is 0. The molecule has 2 nitrogen and oxygen atoms in total. The maximum atomic E-state index is 6.25. The molecule has 0 amide bonds. The molecule has 0 radical (unpaired) electrons. The Balaban J connectivity index is 2.06. The van der Waals surface area contributed by atoms with Crippen LogP contribution in [0.2, 0.25) is 18.1 Å². The summed E-state index contributed by atoms with van der Waals surface area (Å²) in [6.45, 7) is 11.2. The topological polar surface area (TPSA) is 18.5 Å². The van der Waals surface area contributed by atoms with Crippen molar-refractivity contribution >= 4 is 8.32 Å².